The lowest BCUT2D eigenvalue weighted by Crippen LogP contribution is -2.31. The van der Waals surface area contributed by atoms with Gasteiger partial charge in [-0.15, -0.1) is 5.10 Å². The van der Waals surface area contributed by atoms with E-state index in [1.807, 2.05) is 4.68 Å². The molecule has 1 atom stereocenters. The van der Waals surface area contributed by atoms with Crippen LogP contribution in [0.15, 0.2) is 84.9 Å². The van der Waals surface area contributed by atoms with Crippen molar-refractivity contribution in [1.29, 1.82) is 0 Å². The van der Waals surface area contributed by atoms with Crippen LogP contribution in [0.5, 0.6) is 0 Å². The van der Waals surface area contributed by atoms with Crippen LogP contribution in [0.25, 0.3) is 0 Å². The molecule has 33 heavy (non-hydrogen) atoms. The number of hydrogen-bond donors (Lipinski definition) is 2. The van der Waals surface area contributed by atoms with E-state index in [2.05, 4.69) is 113 Å². The van der Waals surface area contributed by atoms with Gasteiger partial charge in [-0.2, -0.15) is 0 Å². The first-order valence-corrected chi connectivity index (χ1v) is 11.7. The van der Waals surface area contributed by atoms with Crippen LogP contribution in [-0.4, -0.2) is 20.2 Å². The van der Waals surface area contributed by atoms with Gasteiger partial charge in [0.05, 0.1) is 6.04 Å². The van der Waals surface area contributed by atoms with Gasteiger partial charge in [0.1, 0.15) is 0 Å². The lowest BCUT2D eigenvalue weighted by molar-refractivity contribution is 0.422. The van der Waals surface area contributed by atoms with Crippen LogP contribution in [0, 0.1) is 0 Å². The second kappa shape index (κ2) is 11.5. The molecule has 0 bridgehead atoms. The van der Waals surface area contributed by atoms with Crippen LogP contribution < -0.4 is 11.1 Å². The van der Waals surface area contributed by atoms with Gasteiger partial charge < -0.3 is 11.1 Å². The largest absolute Gasteiger partial charge is 0.326 e. The fraction of sp³-hybridized carbons (Fsp3) is 0.296. The Morgan fingerprint density at radius 2 is 1.55 bits per heavy atom. The third kappa shape index (κ3) is 5.72. The van der Waals surface area contributed by atoms with Gasteiger partial charge in [0.25, 0.3) is 0 Å². The van der Waals surface area contributed by atoms with Crippen LogP contribution in [0.2, 0.25) is 0 Å². The van der Waals surface area contributed by atoms with Crippen molar-refractivity contribution in [3.63, 3.8) is 0 Å². The molecular weight excluding hydrogens is 408 g/mol. The number of nitrogens with one attached hydrogen (secondary N) is 1. The summed E-state index contributed by atoms with van der Waals surface area (Å²) < 4.78 is 1.95. The summed E-state index contributed by atoms with van der Waals surface area (Å²) in [7, 11) is 0. The Hall–Kier alpha value is -3.35. The summed E-state index contributed by atoms with van der Waals surface area (Å²) in [5, 5.41) is 16.7. The predicted octanol–water partition coefficient (Wildman–Crippen LogP) is 4.59. The monoisotopic (exact) mass is 440 g/mol. The maximum atomic E-state index is 5.87. The minimum absolute atomic E-state index is 0.0523. The summed E-state index contributed by atoms with van der Waals surface area (Å²) in [6, 6.07) is 29.5. The molecule has 4 rings (SSSR count). The normalized spacial score (nSPS) is 12.2. The van der Waals surface area contributed by atoms with Crippen LogP contribution in [-0.2, 0) is 19.6 Å². The minimum Gasteiger partial charge on any atom is -0.326 e. The molecule has 1 aromatic heterocycles. The first-order valence-electron chi connectivity index (χ1n) is 11.7. The van der Waals surface area contributed by atoms with Gasteiger partial charge in [-0.25, -0.2) is 4.68 Å². The summed E-state index contributed by atoms with van der Waals surface area (Å²) in [6.07, 6.45) is 2.12. The Morgan fingerprint density at radius 3 is 2.18 bits per heavy atom. The lowest BCUT2D eigenvalue weighted by atomic mass is 9.84. The quantitative estimate of drug-likeness (QED) is 0.356. The maximum Gasteiger partial charge on any atom is 0.169 e. The van der Waals surface area contributed by atoms with Gasteiger partial charge in [-0.3, -0.25) is 0 Å². The maximum absolute atomic E-state index is 5.87. The number of unbranched alkanes of at least 4 members (excludes halogenated alkanes) is 1. The number of aromatic nitrogens is 4. The van der Waals surface area contributed by atoms with Crippen molar-refractivity contribution >= 4 is 0 Å². The van der Waals surface area contributed by atoms with Crippen molar-refractivity contribution in [2.24, 2.45) is 5.73 Å². The molecule has 3 N–H and O–H groups in total. The zero-order valence-corrected chi connectivity index (χ0v) is 19.1. The summed E-state index contributed by atoms with van der Waals surface area (Å²) in [5.74, 6) is 0.910. The molecule has 170 valence electrons. The molecule has 0 aliphatic carbocycles. The summed E-state index contributed by atoms with van der Waals surface area (Å²) in [4.78, 5) is 0. The molecule has 6 heteroatoms. The van der Waals surface area contributed by atoms with Gasteiger partial charge in [0.15, 0.2) is 5.82 Å². The van der Waals surface area contributed by atoms with Crippen molar-refractivity contribution in [1.82, 2.24) is 25.5 Å². The Balaban J connectivity index is 1.75. The molecule has 0 saturated carbocycles. The van der Waals surface area contributed by atoms with Crippen molar-refractivity contribution in [2.45, 2.75) is 51.4 Å². The molecule has 0 fully saturated rings. The molecular formula is C27H32N6. The highest BCUT2D eigenvalue weighted by molar-refractivity contribution is 5.36. The third-order valence-corrected chi connectivity index (χ3v) is 5.97. The molecule has 0 radical (unpaired) electrons. The fourth-order valence-electron chi connectivity index (χ4n) is 4.25. The van der Waals surface area contributed by atoms with E-state index in [-0.39, 0.29) is 12.0 Å². The number of rotatable bonds is 11. The molecule has 3 aromatic carbocycles. The first kappa shape index (κ1) is 22.8. The van der Waals surface area contributed by atoms with E-state index in [9.17, 15) is 0 Å². The summed E-state index contributed by atoms with van der Waals surface area (Å²) in [6.45, 7) is 4.20. The average Bonchev–Trinajstić information content (AvgIpc) is 3.34. The molecule has 0 aliphatic rings. The lowest BCUT2D eigenvalue weighted by Gasteiger charge is -2.28. The van der Waals surface area contributed by atoms with Gasteiger partial charge in [-0.05, 0) is 39.1 Å². The average molecular weight is 441 g/mol. The van der Waals surface area contributed by atoms with E-state index in [1.165, 1.54) is 16.7 Å². The number of nitrogens with zero attached hydrogens (tertiary/aromatic N) is 4. The highest BCUT2D eigenvalue weighted by atomic mass is 15.5. The van der Waals surface area contributed by atoms with Crippen molar-refractivity contribution in [3.05, 3.63) is 113 Å². The Kier molecular flexibility index (Phi) is 7.95. The molecule has 0 amide bonds. The summed E-state index contributed by atoms with van der Waals surface area (Å²) >= 11 is 0. The second-order valence-corrected chi connectivity index (χ2v) is 8.30. The van der Waals surface area contributed by atoms with E-state index < -0.39 is 0 Å². The molecule has 0 aliphatic heterocycles. The van der Waals surface area contributed by atoms with Crippen molar-refractivity contribution < 1.29 is 0 Å². The molecule has 1 unspecified atom stereocenters. The van der Waals surface area contributed by atoms with E-state index >= 15 is 0 Å². The molecule has 4 aromatic rings. The Labute approximate surface area is 195 Å². The van der Waals surface area contributed by atoms with E-state index in [4.69, 9.17) is 5.73 Å². The van der Waals surface area contributed by atoms with Crippen LogP contribution in [0.1, 0.15) is 59.8 Å². The van der Waals surface area contributed by atoms with Crippen molar-refractivity contribution in [2.75, 3.05) is 0 Å². The van der Waals surface area contributed by atoms with Crippen LogP contribution >= 0.6 is 0 Å². The minimum atomic E-state index is -0.108. The molecule has 6 nitrogen and oxygen atoms in total. The van der Waals surface area contributed by atoms with Gasteiger partial charge in [-0.1, -0.05) is 98.3 Å². The zero-order chi connectivity index (χ0) is 22.9. The van der Waals surface area contributed by atoms with Crippen molar-refractivity contribution in [3.8, 4) is 0 Å². The standard InChI is InChI=1S/C27H32N6/c1-2-3-17-33-27(30-31-32-33)26(29-20-22-12-10-11-21(18-22)19-28)25(23-13-6-4-7-14-23)24-15-8-5-9-16-24/h4-16,18,25-26,29H,2-3,17,19-20,28H2,1H3. The molecule has 0 saturated heterocycles. The number of benzene rings is 3. The molecule has 0 spiro atoms. The van der Waals surface area contributed by atoms with Crippen LogP contribution in [0.3, 0.4) is 0 Å². The molecule has 1 heterocycles. The topological polar surface area (TPSA) is 81.7 Å². The van der Waals surface area contributed by atoms with Gasteiger partial charge >= 0.3 is 0 Å². The number of tetrazole rings is 1. The first-order chi connectivity index (χ1) is 16.3. The third-order valence-electron chi connectivity index (χ3n) is 5.97. The smallest absolute Gasteiger partial charge is 0.169 e. The summed E-state index contributed by atoms with van der Waals surface area (Å²) in [5.41, 5.74) is 10.6. The van der Waals surface area contributed by atoms with E-state index in [0.29, 0.717) is 13.1 Å². The highest BCUT2D eigenvalue weighted by Crippen LogP contribution is 2.36. The van der Waals surface area contributed by atoms with E-state index in [1.54, 1.807) is 0 Å². The SMILES string of the molecule is CCCCn1nnnc1C(NCc1cccc(CN)c1)C(c1ccccc1)c1ccccc1. The van der Waals surface area contributed by atoms with Gasteiger partial charge in [0.2, 0.25) is 0 Å². The Morgan fingerprint density at radius 1 is 0.879 bits per heavy atom. The predicted molar refractivity (Wildman–Crippen MR) is 131 cm³/mol. The second-order valence-electron chi connectivity index (χ2n) is 8.30. The van der Waals surface area contributed by atoms with E-state index in [0.717, 1.165) is 30.8 Å². The zero-order valence-electron chi connectivity index (χ0n) is 19.1. The van der Waals surface area contributed by atoms with Crippen LogP contribution in [0.4, 0.5) is 0 Å². The Bertz CT molecular complexity index is 1070. The number of nitrogens with two attached hydrogens (primary N) is 1. The van der Waals surface area contributed by atoms with Gasteiger partial charge in [0, 0.05) is 25.6 Å². The number of aryl methyl sites for hydroxylation is 1. The number of hydrogen-bond acceptors (Lipinski definition) is 5. The highest BCUT2D eigenvalue weighted by Gasteiger charge is 2.30. The fourth-order valence-corrected chi connectivity index (χ4v) is 4.25.